The topological polar surface area (TPSA) is 52.6 Å². The van der Waals surface area contributed by atoms with E-state index in [2.05, 4.69) is 5.32 Å². The molecule has 4 heteroatoms. The monoisotopic (exact) mass is 172 g/mol. The van der Waals surface area contributed by atoms with Crippen molar-refractivity contribution in [3.8, 4) is 0 Å². The van der Waals surface area contributed by atoms with Gasteiger partial charge in [0.05, 0.1) is 6.54 Å². The summed E-state index contributed by atoms with van der Waals surface area (Å²) in [4.78, 5) is 13.1. The highest BCUT2D eigenvalue weighted by Crippen LogP contribution is 2.14. The number of likely N-dealkylation sites (tertiary alicyclic amines) is 1. The van der Waals surface area contributed by atoms with Gasteiger partial charge in [0.2, 0.25) is 5.91 Å². The van der Waals surface area contributed by atoms with Crippen molar-refractivity contribution in [2.75, 3.05) is 33.3 Å². The maximum atomic E-state index is 11.3. The average molecular weight is 172 g/mol. The first-order chi connectivity index (χ1) is 5.77. The lowest BCUT2D eigenvalue weighted by molar-refractivity contribution is -0.129. The van der Waals surface area contributed by atoms with Crippen LogP contribution in [0, 0.1) is 5.92 Å². The molecule has 1 saturated heterocycles. The van der Waals surface area contributed by atoms with Crippen LogP contribution >= 0.6 is 0 Å². The lowest BCUT2D eigenvalue weighted by Gasteiger charge is -2.15. The molecule has 0 unspecified atom stereocenters. The van der Waals surface area contributed by atoms with Crippen LogP contribution in [0.25, 0.3) is 0 Å². The van der Waals surface area contributed by atoms with Gasteiger partial charge in [-0.05, 0) is 13.5 Å². The second kappa shape index (κ2) is 4.42. The molecule has 0 radical (unpaired) electrons. The molecule has 0 aromatic carbocycles. The predicted molar refractivity (Wildman–Crippen MR) is 45.7 cm³/mol. The van der Waals surface area contributed by atoms with Gasteiger partial charge in [-0.2, -0.15) is 0 Å². The van der Waals surface area contributed by atoms with Crippen LogP contribution in [0.4, 0.5) is 0 Å². The van der Waals surface area contributed by atoms with Crippen LogP contribution in [0.2, 0.25) is 0 Å². The van der Waals surface area contributed by atoms with E-state index in [4.69, 9.17) is 5.11 Å². The lowest BCUT2D eigenvalue weighted by atomic mass is 10.1. The van der Waals surface area contributed by atoms with Gasteiger partial charge >= 0.3 is 0 Å². The number of rotatable bonds is 3. The summed E-state index contributed by atoms with van der Waals surface area (Å²) in [6.45, 7) is 2.12. The van der Waals surface area contributed by atoms with Crippen molar-refractivity contribution in [1.29, 1.82) is 0 Å². The highest BCUT2D eigenvalue weighted by Gasteiger charge is 2.24. The minimum atomic E-state index is 0.133. The molecular formula is C8H16N2O2. The van der Waals surface area contributed by atoms with E-state index < -0.39 is 0 Å². The van der Waals surface area contributed by atoms with E-state index in [1.54, 1.807) is 11.9 Å². The van der Waals surface area contributed by atoms with Crippen molar-refractivity contribution >= 4 is 5.91 Å². The summed E-state index contributed by atoms with van der Waals surface area (Å²) in [7, 11) is 1.76. The number of carbonyl (C=O) groups excluding carboxylic acids is 1. The fourth-order valence-electron chi connectivity index (χ4n) is 1.47. The number of aliphatic hydroxyl groups excluding tert-OH is 1. The fourth-order valence-corrected chi connectivity index (χ4v) is 1.47. The van der Waals surface area contributed by atoms with Gasteiger partial charge in [0.25, 0.3) is 0 Å². The summed E-state index contributed by atoms with van der Waals surface area (Å²) >= 11 is 0. The highest BCUT2D eigenvalue weighted by molar-refractivity contribution is 5.78. The summed E-state index contributed by atoms with van der Waals surface area (Å²) in [6.07, 6.45) is 0.936. The Morgan fingerprint density at radius 2 is 2.50 bits per heavy atom. The second-order valence-electron chi connectivity index (χ2n) is 3.21. The third-order valence-corrected chi connectivity index (χ3v) is 2.22. The maximum absolute atomic E-state index is 11.3. The van der Waals surface area contributed by atoms with Crippen molar-refractivity contribution in [2.45, 2.75) is 6.42 Å². The number of carbonyl (C=O) groups is 1. The number of amides is 1. The molecule has 70 valence electrons. The zero-order valence-electron chi connectivity index (χ0n) is 7.42. The van der Waals surface area contributed by atoms with Gasteiger partial charge in [-0.1, -0.05) is 0 Å². The third kappa shape index (κ3) is 2.19. The van der Waals surface area contributed by atoms with E-state index >= 15 is 0 Å². The first-order valence-corrected chi connectivity index (χ1v) is 4.31. The number of likely N-dealkylation sites (N-methyl/N-ethyl adjacent to an activating group) is 1. The standard InChI is InChI=1S/C8H16N2O2/c1-9-4-8(12)10-3-2-7(5-10)6-11/h7,9,11H,2-6H2,1H3/t7-/m1/s1. The number of hydrogen-bond acceptors (Lipinski definition) is 3. The van der Waals surface area contributed by atoms with Crippen molar-refractivity contribution in [3.63, 3.8) is 0 Å². The van der Waals surface area contributed by atoms with Crippen LogP contribution in [-0.2, 0) is 4.79 Å². The summed E-state index contributed by atoms with van der Waals surface area (Å²) < 4.78 is 0. The molecule has 0 aromatic rings. The van der Waals surface area contributed by atoms with Gasteiger partial charge in [-0.15, -0.1) is 0 Å². The smallest absolute Gasteiger partial charge is 0.236 e. The molecule has 1 heterocycles. The van der Waals surface area contributed by atoms with Crippen molar-refractivity contribution < 1.29 is 9.90 Å². The molecule has 1 aliphatic heterocycles. The van der Waals surface area contributed by atoms with Crippen LogP contribution in [0.1, 0.15) is 6.42 Å². The van der Waals surface area contributed by atoms with Crippen LogP contribution < -0.4 is 5.32 Å². The molecule has 2 N–H and O–H groups in total. The van der Waals surface area contributed by atoms with Crippen LogP contribution in [0.5, 0.6) is 0 Å². The van der Waals surface area contributed by atoms with Gasteiger partial charge in [0.15, 0.2) is 0 Å². The normalized spacial score (nSPS) is 23.2. The third-order valence-electron chi connectivity index (χ3n) is 2.22. The van der Waals surface area contributed by atoms with E-state index in [9.17, 15) is 4.79 Å². The largest absolute Gasteiger partial charge is 0.396 e. The van der Waals surface area contributed by atoms with Gasteiger partial charge < -0.3 is 15.3 Å². The summed E-state index contributed by atoms with van der Waals surface area (Å²) in [5, 5.41) is 11.7. The second-order valence-corrected chi connectivity index (χ2v) is 3.21. The number of nitrogens with one attached hydrogen (secondary N) is 1. The Morgan fingerprint density at radius 1 is 1.75 bits per heavy atom. The Kier molecular flexibility index (Phi) is 3.49. The summed E-state index contributed by atoms with van der Waals surface area (Å²) in [5.41, 5.74) is 0. The maximum Gasteiger partial charge on any atom is 0.236 e. The Labute approximate surface area is 72.6 Å². The Hall–Kier alpha value is -0.610. The van der Waals surface area contributed by atoms with E-state index in [1.807, 2.05) is 0 Å². The zero-order chi connectivity index (χ0) is 8.97. The van der Waals surface area contributed by atoms with Gasteiger partial charge in [0.1, 0.15) is 0 Å². The summed E-state index contributed by atoms with van der Waals surface area (Å²) in [5.74, 6) is 0.430. The first-order valence-electron chi connectivity index (χ1n) is 4.31. The van der Waals surface area contributed by atoms with Gasteiger partial charge in [-0.25, -0.2) is 0 Å². The molecule has 0 bridgehead atoms. The van der Waals surface area contributed by atoms with Crippen molar-refractivity contribution in [3.05, 3.63) is 0 Å². The molecule has 0 aromatic heterocycles. The van der Waals surface area contributed by atoms with Crippen LogP contribution in [0.3, 0.4) is 0 Å². The van der Waals surface area contributed by atoms with E-state index in [-0.39, 0.29) is 12.5 Å². The minimum absolute atomic E-state index is 0.133. The molecule has 0 saturated carbocycles. The SMILES string of the molecule is CNCC(=O)N1CC[C@@H](CO)C1. The molecule has 1 atom stereocenters. The molecule has 1 aliphatic rings. The van der Waals surface area contributed by atoms with Crippen molar-refractivity contribution in [2.24, 2.45) is 5.92 Å². The molecule has 1 rings (SSSR count). The Bertz CT molecular complexity index is 161. The van der Waals surface area contributed by atoms with Gasteiger partial charge in [0, 0.05) is 25.6 Å². The molecule has 4 nitrogen and oxygen atoms in total. The Morgan fingerprint density at radius 3 is 3.00 bits per heavy atom. The predicted octanol–water partition coefficient (Wildman–Crippen LogP) is -0.953. The summed E-state index contributed by atoms with van der Waals surface area (Å²) in [6, 6.07) is 0. The number of nitrogens with zero attached hydrogens (tertiary/aromatic N) is 1. The minimum Gasteiger partial charge on any atom is -0.396 e. The van der Waals surface area contributed by atoms with Gasteiger partial charge in [-0.3, -0.25) is 4.79 Å². The fraction of sp³-hybridized carbons (Fsp3) is 0.875. The number of hydrogen-bond donors (Lipinski definition) is 2. The van der Waals surface area contributed by atoms with E-state index in [0.29, 0.717) is 12.5 Å². The van der Waals surface area contributed by atoms with E-state index in [1.165, 1.54) is 0 Å². The van der Waals surface area contributed by atoms with Crippen molar-refractivity contribution in [1.82, 2.24) is 10.2 Å². The van der Waals surface area contributed by atoms with E-state index in [0.717, 1.165) is 19.5 Å². The first kappa shape index (κ1) is 9.48. The Balaban J connectivity index is 2.31. The highest BCUT2D eigenvalue weighted by atomic mass is 16.3. The zero-order valence-corrected chi connectivity index (χ0v) is 7.42. The number of aliphatic hydroxyl groups is 1. The molecule has 12 heavy (non-hydrogen) atoms. The molecule has 1 amide bonds. The molecule has 0 aliphatic carbocycles. The average Bonchev–Trinajstić information content (AvgIpc) is 2.52. The van der Waals surface area contributed by atoms with Crippen LogP contribution in [-0.4, -0.2) is 49.2 Å². The lowest BCUT2D eigenvalue weighted by Crippen LogP contribution is -2.35. The molecular weight excluding hydrogens is 156 g/mol. The van der Waals surface area contributed by atoms with Crippen LogP contribution in [0.15, 0.2) is 0 Å². The quantitative estimate of drug-likeness (QED) is 0.577. The molecule has 1 fully saturated rings. The molecule has 0 spiro atoms.